The van der Waals surface area contributed by atoms with Crippen molar-refractivity contribution in [2.45, 2.75) is 35.8 Å². The Morgan fingerprint density at radius 1 is 1.33 bits per heavy atom. The number of rotatable bonds is 5. The first-order valence-electron chi connectivity index (χ1n) is 7.70. The van der Waals surface area contributed by atoms with Crippen molar-refractivity contribution in [1.29, 1.82) is 0 Å². The Labute approximate surface area is 147 Å². The molecule has 1 aliphatic heterocycles. The number of aliphatic hydroxyl groups excluding tert-OH is 2. The first kappa shape index (κ1) is 16.0. The smallest absolute Gasteiger partial charge is 0.172 e. The van der Waals surface area contributed by atoms with Gasteiger partial charge in [0.05, 0.1) is 18.9 Å². The van der Waals surface area contributed by atoms with Crippen LogP contribution in [0, 0.1) is 0 Å². The third kappa shape index (κ3) is 2.96. The first-order valence-corrected chi connectivity index (χ1v) is 9.46. The summed E-state index contributed by atoms with van der Waals surface area (Å²) in [5.41, 5.74) is 2.06. The molecule has 0 bridgehead atoms. The van der Waals surface area contributed by atoms with E-state index in [1.165, 1.54) is 17.1 Å². The van der Waals surface area contributed by atoms with Crippen molar-refractivity contribution in [1.82, 2.24) is 13.9 Å². The number of aliphatic hydroxyl groups is 2. The molecule has 4 rings (SSSR count). The van der Waals surface area contributed by atoms with Gasteiger partial charge in [0.15, 0.2) is 5.16 Å². The molecule has 1 aromatic carbocycles. The minimum atomic E-state index is -0.669. The summed E-state index contributed by atoms with van der Waals surface area (Å²) in [5.74, 6) is 0.803. The zero-order chi connectivity index (χ0) is 16.5. The van der Waals surface area contributed by atoms with Gasteiger partial charge in [-0.1, -0.05) is 42.1 Å². The zero-order valence-electron chi connectivity index (χ0n) is 12.8. The fourth-order valence-electron chi connectivity index (χ4n) is 2.83. The molecule has 8 heteroatoms. The number of hydrogen-bond acceptors (Lipinski definition) is 7. The Kier molecular flexibility index (Phi) is 4.55. The van der Waals surface area contributed by atoms with Crippen LogP contribution >= 0.6 is 23.3 Å². The van der Waals surface area contributed by atoms with E-state index in [2.05, 4.69) is 21.5 Å². The van der Waals surface area contributed by atoms with Gasteiger partial charge in [0, 0.05) is 12.2 Å². The second kappa shape index (κ2) is 6.81. The van der Waals surface area contributed by atoms with E-state index in [0.717, 1.165) is 21.3 Å². The molecule has 2 aromatic heterocycles. The molecule has 1 aliphatic rings. The van der Waals surface area contributed by atoms with Gasteiger partial charge in [0.25, 0.3) is 0 Å². The second-order valence-corrected chi connectivity index (χ2v) is 7.39. The van der Waals surface area contributed by atoms with Gasteiger partial charge < -0.3 is 14.9 Å². The fourth-order valence-corrected chi connectivity index (χ4v) is 4.62. The molecular weight excluding hydrogens is 346 g/mol. The van der Waals surface area contributed by atoms with Crippen molar-refractivity contribution >= 4 is 33.6 Å². The van der Waals surface area contributed by atoms with Crippen LogP contribution in [0.15, 0.2) is 41.7 Å². The van der Waals surface area contributed by atoms with Gasteiger partial charge in [-0.05, 0) is 17.1 Å². The van der Waals surface area contributed by atoms with Gasteiger partial charge in [0.2, 0.25) is 0 Å². The second-order valence-electron chi connectivity index (χ2n) is 5.67. The summed E-state index contributed by atoms with van der Waals surface area (Å²) in [4.78, 5) is 5.59. The number of ether oxygens (including phenoxy) is 1. The van der Waals surface area contributed by atoms with E-state index in [1.807, 2.05) is 22.8 Å². The van der Waals surface area contributed by atoms with E-state index in [1.54, 1.807) is 18.0 Å². The van der Waals surface area contributed by atoms with Crippen LogP contribution in [0.3, 0.4) is 0 Å². The van der Waals surface area contributed by atoms with Crippen LogP contribution in [0.4, 0.5) is 0 Å². The molecule has 0 spiro atoms. The van der Waals surface area contributed by atoms with Crippen molar-refractivity contribution < 1.29 is 14.9 Å². The number of imidazole rings is 1. The lowest BCUT2D eigenvalue weighted by Gasteiger charge is -2.16. The third-order valence-corrected chi connectivity index (χ3v) is 5.87. The predicted octanol–water partition coefficient (Wildman–Crippen LogP) is 2.43. The van der Waals surface area contributed by atoms with E-state index in [9.17, 15) is 10.2 Å². The lowest BCUT2D eigenvalue weighted by Crippen LogP contribution is -2.24. The molecule has 0 aliphatic carbocycles. The van der Waals surface area contributed by atoms with E-state index in [4.69, 9.17) is 4.74 Å². The maximum Gasteiger partial charge on any atom is 0.172 e. The van der Waals surface area contributed by atoms with Crippen molar-refractivity contribution in [3.05, 3.63) is 42.1 Å². The summed E-state index contributed by atoms with van der Waals surface area (Å²) in [6.45, 7) is -0.190. The Hall–Kier alpha value is -1.45. The van der Waals surface area contributed by atoms with E-state index in [0.29, 0.717) is 6.42 Å². The van der Waals surface area contributed by atoms with Gasteiger partial charge in [-0.2, -0.15) is 4.37 Å². The Balaban J connectivity index is 1.62. The van der Waals surface area contributed by atoms with E-state index in [-0.39, 0.29) is 12.8 Å². The summed E-state index contributed by atoms with van der Waals surface area (Å²) in [5, 5.41) is 20.2. The maximum atomic E-state index is 10.0. The Morgan fingerprint density at radius 2 is 2.17 bits per heavy atom. The van der Waals surface area contributed by atoms with Gasteiger partial charge >= 0.3 is 0 Å². The number of benzene rings is 1. The van der Waals surface area contributed by atoms with Crippen LogP contribution in [-0.4, -0.2) is 43.0 Å². The highest BCUT2D eigenvalue weighted by Crippen LogP contribution is 2.37. The highest BCUT2D eigenvalue weighted by Gasteiger charge is 2.36. The molecule has 1 saturated heterocycles. The molecule has 1 fully saturated rings. The number of thioether (sulfide) groups is 1. The van der Waals surface area contributed by atoms with Crippen LogP contribution in [0.25, 0.3) is 10.3 Å². The summed E-state index contributed by atoms with van der Waals surface area (Å²) in [6, 6.07) is 10.2. The summed E-state index contributed by atoms with van der Waals surface area (Å²) >= 11 is 3.00. The molecule has 126 valence electrons. The highest BCUT2D eigenvalue weighted by molar-refractivity contribution is 7.98. The van der Waals surface area contributed by atoms with Crippen LogP contribution in [0.5, 0.6) is 0 Å². The average molecular weight is 363 g/mol. The molecule has 0 unspecified atom stereocenters. The lowest BCUT2D eigenvalue weighted by atomic mass is 10.2. The number of nitrogens with zero attached hydrogens (tertiary/aromatic N) is 3. The van der Waals surface area contributed by atoms with Crippen LogP contribution in [-0.2, 0) is 10.5 Å². The zero-order valence-corrected chi connectivity index (χ0v) is 14.4. The summed E-state index contributed by atoms with van der Waals surface area (Å²) in [6.07, 6.45) is 0.636. The molecule has 3 atom stereocenters. The molecule has 3 aromatic rings. The molecule has 3 heterocycles. The third-order valence-electron chi connectivity index (χ3n) is 4.06. The van der Waals surface area contributed by atoms with E-state index < -0.39 is 12.2 Å². The number of hydrogen-bond donors (Lipinski definition) is 2. The molecule has 0 radical (unpaired) electrons. The van der Waals surface area contributed by atoms with Crippen LogP contribution < -0.4 is 0 Å². The number of fused-ring (bicyclic) bond motifs is 1. The minimum absolute atomic E-state index is 0.190. The molecule has 0 amide bonds. The number of aromatic nitrogens is 3. The molecule has 6 nitrogen and oxygen atoms in total. The summed E-state index contributed by atoms with van der Waals surface area (Å²) in [7, 11) is 0. The van der Waals surface area contributed by atoms with Crippen molar-refractivity contribution in [2.24, 2.45) is 0 Å². The Bertz CT molecular complexity index is 820. The van der Waals surface area contributed by atoms with Crippen LogP contribution in [0.1, 0.15) is 18.2 Å². The molecule has 0 saturated carbocycles. The topological polar surface area (TPSA) is 80.4 Å². The van der Waals surface area contributed by atoms with Gasteiger partial charge in [0.1, 0.15) is 22.7 Å². The standard InChI is InChI=1S/C16H17N3O3S2/c20-8-13-12(21)6-14(22-13)19-15-11(7-17-24-15)18-16(19)23-9-10-4-2-1-3-5-10/h1-5,7,12-14,20-21H,6,8-9H2/t12-,13+,14+/m0/s1. The fraction of sp³-hybridized carbons (Fsp3) is 0.375. The van der Waals surface area contributed by atoms with Gasteiger partial charge in [-0.3, -0.25) is 4.57 Å². The molecule has 24 heavy (non-hydrogen) atoms. The molecular formula is C16H17N3O3S2. The summed E-state index contributed by atoms with van der Waals surface area (Å²) < 4.78 is 12.0. The largest absolute Gasteiger partial charge is 0.394 e. The van der Waals surface area contributed by atoms with Gasteiger partial charge in [-0.15, -0.1) is 0 Å². The Morgan fingerprint density at radius 3 is 2.92 bits per heavy atom. The minimum Gasteiger partial charge on any atom is -0.394 e. The lowest BCUT2D eigenvalue weighted by molar-refractivity contribution is -0.0454. The van der Waals surface area contributed by atoms with Crippen molar-refractivity contribution in [2.75, 3.05) is 6.61 Å². The highest BCUT2D eigenvalue weighted by atomic mass is 32.2. The average Bonchev–Trinajstić information content (AvgIpc) is 3.27. The van der Waals surface area contributed by atoms with Gasteiger partial charge in [-0.25, -0.2) is 4.98 Å². The maximum absolute atomic E-state index is 10.0. The molecule has 2 N–H and O–H groups in total. The van der Waals surface area contributed by atoms with Crippen LogP contribution in [0.2, 0.25) is 0 Å². The normalized spacial score (nSPS) is 24.0. The quantitative estimate of drug-likeness (QED) is 0.678. The van der Waals surface area contributed by atoms with E-state index >= 15 is 0 Å². The SMILES string of the molecule is OC[C@H]1O[C@@H](n2c(SCc3ccccc3)nc3cnsc32)C[C@@H]1O. The van der Waals surface area contributed by atoms with Crippen molar-refractivity contribution in [3.63, 3.8) is 0 Å². The first-order chi connectivity index (χ1) is 11.8. The predicted molar refractivity (Wildman–Crippen MR) is 93.0 cm³/mol. The monoisotopic (exact) mass is 363 g/mol. The van der Waals surface area contributed by atoms with Crippen molar-refractivity contribution in [3.8, 4) is 0 Å².